The van der Waals surface area contributed by atoms with Crippen LogP contribution in [0.15, 0.2) is 71.6 Å². The molecule has 4 aromatic rings. The molecule has 33 heavy (non-hydrogen) atoms. The van der Waals surface area contributed by atoms with Crippen LogP contribution in [-0.4, -0.2) is 33.0 Å². The van der Waals surface area contributed by atoms with Crippen molar-refractivity contribution in [3.05, 3.63) is 77.3 Å². The van der Waals surface area contributed by atoms with Gasteiger partial charge >= 0.3 is 5.97 Å². The molecular weight excluding hydrogens is 488 g/mol. The van der Waals surface area contributed by atoms with Gasteiger partial charge in [-0.3, -0.25) is 4.79 Å². The second-order valence-corrected chi connectivity index (χ2v) is 8.45. The number of anilines is 1. The number of rotatable bonds is 7. The van der Waals surface area contributed by atoms with Crippen molar-refractivity contribution >= 4 is 44.5 Å². The first-order chi connectivity index (χ1) is 16.1. The number of carbonyl (C=O) groups excluding carboxylic acids is 2. The molecule has 0 radical (unpaired) electrons. The van der Waals surface area contributed by atoms with Crippen LogP contribution in [0, 0.1) is 0 Å². The summed E-state index contributed by atoms with van der Waals surface area (Å²) in [6, 6.07) is 16.7. The molecule has 9 heteroatoms. The summed E-state index contributed by atoms with van der Waals surface area (Å²) >= 11 is 3.49. The van der Waals surface area contributed by atoms with Gasteiger partial charge in [-0.15, -0.1) is 0 Å². The first kappa shape index (κ1) is 21.1. The number of aromatic nitrogens is 3. The van der Waals surface area contributed by atoms with E-state index in [0.717, 1.165) is 23.1 Å². The average Bonchev–Trinajstić information content (AvgIpc) is 3.62. The largest absolute Gasteiger partial charge is 0.457 e. The minimum absolute atomic E-state index is 0.126. The highest BCUT2D eigenvalue weighted by Gasteiger charge is 2.28. The standard InChI is InChI=1S/C24H19BrN4O4/c25-19-12-29(16-8-9-16)23-21(19)22(26-14-27-23)24(31)32-13-20(30)28-15-6-10-18(11-7-15)33-17-4-2-1-3-5-17/h1-7,10-12,14,16H,8-9,13H2,(H,28,30). The molecule has 8 nitrogen and oxygen atoms in total. The van der Waals surface area contributed by atoms with Crippen LogP contribution in [0.3, 0.4) is 0 Å². The summed E-state index contributed by atoms with van der Waals surface area (Å²) in [6.07, 6.45) is 5.41. The van der Waals surface area contributed by atoms with Gasteiger partial charge in [-0.1, -0.05) is 18.2 Å². The van der Waals surface area contributed by atoms with E-state index in [-0.39, 0.29) is 5.69 Å². The maximum Gasteiger partial charge on any atom is 0.358 e. The third kappa shape index (κ3) is 4.73. The molecular formula is C24H19BrN4O4. The van der Waals surface area contributed by atoms with E-state index in [1.807, 2.05) is 41.1 Å². The zero-order chi connectivity index (χ0) is 22.8. The van der Waals surface area contributed by atoms with Crippen molar-refractivity contribution < 1.29 is 19.1 Å². The van der Waals surface area contributed by atoms with Gasteiger partial charge in [0, 0.05) is 22.4 Å². The highest BCUT2D eigenvalue weighted by molar-refractivity contribution is 9.10. The molecule has 2 heterocycles. The van der Waals surface area contributed by atoms with E-state index in [1.54, 1.807) is 24.3 Å². The van der Waals surface area contributed by atoms with Crippen molar-refractivity contribution in [1.82, 2.24) is 14.5 Å². The number of para-hydroxylation sites is 1. The number of halogens is 1. The molecule has 1 amide bonds. The first-order valence-electron chi connectivity index (χ1n) is 10.4. The fourth-order valence-corrected chi connectivity index (χ4v) is 4.04. The first-order valence-corrected chi connectivity index (χ1v) is 11.2. The van der Waals surface area contributed by atoms with E-state index in [0.29, 0.717) is 28.5 Å². The van der Waals surface area contributed by atoms with Crippen LogP contribution in [0.4, 0.5) is 5.69 Å². The van der Waals surface area contributed by atoms with Gasteiger partial charge in [0.15, 0.2) is 12.3 Å². The summed E-state index contributed by atoms with van der Waals surface area (Å²) in [5.74, 6) is 0.222. The molecule has 0 unspecified atom stereocenters. The molecule has 1 saturated carbocycles. The highest BCUT2D eigenvalue weighted by Crippen LogP contribution is 2.40. The van der Waals surface area contributed by atoms with Crippen molar-refractivity contribution in [2.24, 2.45) is 0 Å². The molecule has 0 bridgehead atoms. The third-order valence-corrected chi connectivity index (χ3v) is 5.75. The number of carbonyl (C=O) groups is 2. The van der Waals surface area contributed by atoms with E-state index in [9.17, 15) is 9.59 Å². The second kappa shape index (κ2) is 9.03. The lowest BCUT2D eigenvalue weighted by Crippen LogP contribution is -2.21. The van der Waals surface area contributed by atoms with Gasteiger partial charge in [-0.2, -0.15) is 0 Å². The van der Waals surface area contributed by atoms with Crippen LogP contribution in [0.25, 0.3) is 11.0 Å². The maximum absolute atomic E-state index is 12.6. The van der Waals surface area contributed by atoms with Gasteiger partial charge in [-0.25, -0.2) is 14.8 Å². The number of hydrogen-bond donors (Lipinski definition) is 1. The molecule has 1 fully saturated rings. The number of nitrogens with one attached hydrogen (secondary N) is 1. The van der Waals surface area contributed by atoms with E-state index < -0.39 is 18.5 Å². The molecule has 0 spiro atoms. The van der Waals surface area contributed by atoms with Gasteiger partial charge in [0.1, 0.15) is 23.5 Å². The smallest absolute Gasteiger partial charge is 0.358 e. The normalized spacial score (nSPS) is 13.0. The van der Waals surface area contributed by atoms with E-state index in [1.165, 1.54) is 6.33 Å². The highest BCUT2D eigenvalue weighted by atomic mass is 79.9. The number of amides is 1. The minimum atomic E-state index is -0.682. The van der Waals surface area contributed by atoms with Crippen molar-refractivity contribution in [3.63, 3.8) is 0 Å². The summed E-state index contributed by atoms with van der Waals surface area (Å²) in [5, 5.41) is 3.28. The number of fused-ring (bicyclic) bond motifs is 1. The van der Waals surface area contributed by atoms with Crippen LogP contribution >= 0.6 is 15.9 Å². The molecule has 1 aliphatic rings. The Kier molecular flexibility index (Phi) is 5.78. The minimum Gasteiger partial charge on any atom is -0.457 e. The molecule has 0 saturated heterocycles. The van der Waals surface area contributed by atoms with Crippen LogP contribution in [0.1, 0.15) is 29.4 Å². The summed E-state index contributed by atoms with van der Waals surface area (Å²) in [6.45, 7) is -0.437. The van der Waals surface area contributed by atoms with Gasteiger partial charge in [-0.05, 0) is 65.2 Å². The molecule has 5 rings (SSSR count). The van der Waals surface area contributed by atoms with Crippen LogP contribution < -0.4 is 10.1 Å². The van der Waals surface area contributed by atoms with E-state index in [4.69, 9.17) is 9.47 Å². The summed E-state index contributed by atoms with van der Waals surface area (Å²) in [4.78, 5) is 33.3. The Bertz CT molecular complexity index is 1320. The molecule has 2 aromatic carbocycles. The Balaban J connectivity index is 1.20. The quantitative estimate of drug-likeness (QED) is 0.349. The van der Waals surface area contributed by atoms with Crippen molar-refractivity contribution in [1.29, 1.82) is 0 Å². The Morgan fingerprint density at radius 1 is 1.03 bits per heavy atom. The number of esters is 1. The van der Waals surface area contributed by atoms with Crippen molar-refractivity contribution in [3.8, 4) is 11.5 Å². The van der Waals surface area contributed by atoms with E-state index >= 15 is 0 Å². The SMILES string of the molecule is O=C(COC(=O)c1ncnc2c1c(Br)cn2C1CC1)Nc1ccc(Oc2ccccc2)cc1. The molecule has 2 aromatic heterocycles. The topological polar surface area (TPSA) is 95.3 Å². The molecule has 1 N–H and O–H groups in total. The number of benzene rings is 2. The predicted molar refractivity (Wildman–Crippen MR) is 125 cm³/mol. The third-order valence-electron chi connectivity index (χ3n) is 5.15. The fraction of sp³-hybridized carbons (Fsp3) is 0.167. The molecule has 0 atom stereocenters. The molecule has 166 valence electrons. The summed E-state index contributed by atoms with van der Waals surface area (Å²) < 4.78 is 13.7. The summed E-state index contributed by atoms with van der Waals surface area (Å²) in [7, 11) is 0. The Morgan fingerprint density at radius 3 is 2.48 bits per heavy atom. The van der Waals surface area contributed by atoms with E-state index in [2.05, 4.69) is 31.2 Å². The lowest BCUT2D eigenvalue weighted by molar-refractivity contribution is -0.119. The Morgan fingerprint density at radius 2 is 1.76 bits per heavy atom. The predicted octanol–water partition coefficient (Wildman–Crippen LogP) is 5.12. The van der Waals surface area contributed by atoms with Gasteiger partial charge in [0.05, 0.1) is 5.39 Å². The average molecular weight is 507 g/mol. The van der Waals surface area contributed by atoms with Crippen LogP contribution in [0.2, 0.25) is 0 Å². The second-order valence-electron chi connectivity index (χ2n) is 7.60. The Labute approximate surface area is 197 Å². The molecule has 0 aliphatic heterocycles. The van der Waals surface area contributed by atoms with Gasteiger partial charge < -0.3 is 19.4 Å². The molecule has 1 aliphatic carbocycles. The van der Waals surface area contributed by atoms with Crippen molar-refractivity contribution in [2.45, 2.75) is 18.9 Å². The summed E-state index contributed by atoms with van der Waals surface area (Å²) in [5.41, 5.74) is 1.36. The maximum atomic E-state index is 12.6. The zero-order valence-corrected chi connectivity index (χ0v) is 19.0. The zero-order valence-electron chi connectivity index (χ0n) is 17.4. The monoisotopic (exact) mass is 506 g/mol. The number of ether oxygens (including phenoxy) is 2. The lowest BCUT2D eigenvalue weighted by atomic mass is 10.3. The fourth-order valence-electron chi connectivity index (χ4n) is 3.45. The number of nitrogens with zero attached hydrogens (tertiary/aromatic N) is 3. The van der Waals surface area contributed by atoms with Crippen LogP contribution in [-0.2, 0) is 9.53 Å². The lowest BCUT2D eigenvalue weighted by Gasteiger charge is -2.09. The van der Waals surface area contributed by atoms with Gasteiger partial charge in [0.25, 0.3) is 5.91 Å². The van der Waals surface area contributed by atoms with Crippen LogP contribution in [0.5, 0.6) is 11.5 Å². The Hall–Kier alpha value is -3.72. The van der Waals surface area contributed by atoms with Crippen molar-refractivity contribution in [2.75, 3.05) is 11.9 Å². The van der Waals surface area contributed by atoms with Gasteiger partial charge in [0.2, 0.25) is 0 Å². The number of hydrogen-bond acceptors (Lipinski definition) is 6.